The van der Waals surface area contributed by atoms with Gasteiger partial charge < -0.3 is 5.11 Å². The summed E-state index contributed by atoms with van der Waals surface area (Å²) in [5.74, 6) is 0.641. The maximum Gasteiger partial charge on any atom is 0.297 e. The maximum absolute atomic E-state index is 12.6. The van der Waals surface area contributed by atoms with Crippen molar-refractivity contribution in [3.8, 4) is 0 Å². The molecule has 0 aliphatic heterocycles. The first-order valence-corrected chi connectivity index (χ1v) is 11.0. The molecule has 0 amide bonds. The highest BCUT2D eigenvalue weighted by molar-refractivity contribution is 9.10. The number of hydrogen-bond acceptors (Lipinski definition) is 4. The van der Waals surface area contributed by atoms with Gasteiger partial charge in [-0.1, -0.05) is 47.3 Å². The fourth-order valence-corrected chi connectivity index (χ4v) is 4.91. The monoisotopic (exact) mass is 430 g/mol. The van der Waals surface area contributed by atoms with Crippen LogP contribution in [0, 0.1) is 11.8 Å². The van der Waals surface area contributed by atoms with Crippen LogP contribution in [0.1, 0.15) is 46.0 Å². The molecule has 1 aromatic rings. The molecule has 3 atom stereocenters. The number of aliphatic hydroxyl groups is 1. The number of halogens is 1. The smallest absolute Gasteiger partial charge is 0.297 e. The van der Waals surface area contributed by atoms with Crippen LogP contribution in [0.2, 0.25) is 0 Å². The third-order valence-electron chi connectivity index (χ3n) is 5.02. The van der Waals surface area contributed by atoms with Gasteiger partial charge in [-0.25, -0.2) is 0 Å². The van der Waals surface area contributed by atoms with E-state index in [1.807, 2.05) is 13.0 Å². The Bertz CT molecular complexity index is 682. The quantitative estimate of drug-likeness (QED) is 0.503. The van der Waals surface area contributed by atoms with Gasteiger partial charge in [-0.05, 0) is 62.3 Å². The standard InChI is InChI=1S/C19H27BrO4S/c1-14(12-13-21)6-11-18-15(2)4-3-5-19(18)24-25(22,23)17-9-7-16(20)8-10-17/h7-10,12,15,18-19,21H,3-6,11,13H2,1-2H3/b14-12+/t15-,18?,19+/m1/s1. The summed E-state index contributed by atoms with van der Waals surface area (Å²) in [6.45, 7) is 4.22. The molecule has 0 aromatic heterocycles. The molecule has 0 spiro atoms. The number of allylic oxidation sites excluding steroid dienone is 1. The Morgan fingerprint density at radius 2 is 2.00 bits per heavy atom. The van der Waals surface area contributed by atoms with Crippen molar-refractivity contribution in [1.82, 2.24) is 0 Å². The molecule has 1 aliphatic rings. The van der Waals surface area contributed by atoms with Gasteiger partial charge in [-0.2, -0.15) is 8.42 Å². The molecule has 1 N–H and O–H groups in total. The molecule has 1 aliphatic carbocycles. The fraction of sp³-hybridized carbons (Fsp3) is 0.579. The zero-order chi connectivity index (χ0) is 18.4. The molecule has 1 fully saturated rings. The molecule has 0 saturated heterocycles. The molecule has 25 heavy (non-hydrogen) atoms. The van der Waals surface area contributed by atoms with Crippen molar-refractivity contribution in [1.29, 1.82) is 0 Å². The maximum atomic E-state index is 12.6. The molecule has 0 radical (unpaired) electrons. The SMILES string of the molecule is C/C(=C\CO)CCC1[C@H](C)CCC[C@@H]1OS(=O)(=O)c1ccc(Br)cc1. The molecule has 1 aromatic carbocycles. The van der Waals surface area contributed by atoms with Crippen LogP contribution in [0.4, 0.5) is 0 Å². The van der Waals surface area contributed by atoms with Crippen LogP contribution >= 0.6 is 15.9 Å². The third kappa shape index (κ3) is 5.91. The highest BCUT2D eigenvalue weighted by Crippen LogP contribution is 2.37. The summed E-state index contributed by atoms with van der Waals surface area (Å²) in [7, 11) is -3.76. The minimum absolute atomic E-state index is 0.0456. The first-order chi connectivity index (χ1) is 11.8. The van der Waals surface area contributed by atoms with Gasteiger partial charge >= 0.3 is 0 Å². The van der Waals surface area contributed by atoms with Crippen LogP contribution in [0.15, 0.2) is 45.3 Å². The van der Waals surface area contributed by atoms with E-state index in [4.69, 9.17) is 9.29 Å². The van der Waals surface area contributed by atoms with Crippen LogP contribution in [0.5, 0.6) is 0 Å². The minimum atomic E-state index is -3.76. The Hall–Kier alpha value is -0.690. The van der Waals surface area contributed by atoms with Crippen LogP contribution in [0.25, 0.3) is 0 Å². The minimum Gasteiger partial charge on any atom is -0.392 e. The molecule has 0 bridgehead atoms. The van der Waals surface area contributed by atoms with Gasteiger partial charge in [0.05, 0.1) is 17.6 Å². The van der Waals surface area contributed by atoms with Gasteiger partial charge in [0, 0.05) is 4.47 Å². The summed E-state index contributed by atoms with van der Waals surface area (Å²) in [6, 6.07) is 6.55. The Labute approximate surface area is 159 Å². The summed E-state index contributed by atoms with van der Waals surface area (Å²) in [5, 5.41) is 8.99. The van der Waals surface area contributed by atoms with Crippen LogP contribution < -0.4 is 0 Å². The third-order valence-corrected chi connectivity index (χ3v) is 6.90. The van der Waals surface area contributed by atoms with E-state index in [1.165, 1.54) is 0 Å². The van der Waals surface area contributed by atoms with Gasteiger partial charge in [0.1, 0.15) is 0 Å². The topological polar surface area (TPSA) is 63.6 Å². The van der Waals surface area contributed by atoms with Crippen LogP contribution in [-0.2, 0) is 14.3 Å². The van der Waals surface area contributed by atoms with E-state index in [1.54, 1.807) is 24.3 Å². The first-order valence-electron chi connectivity index (χ1n) is 8.79. The van der Waals surface area contributed by atoms with Crippen molar-refractivity contribution in [3.63, 3.8) is 0 Å². The van der Waals surface area contributed by atoms with Crippen molar-refractivity contribution in [2.24, 2.45) is 11.8 Å². The van der Waals surface area contributed by atoms with E-state index in [-0.39, 0.29) is 23.5 Å². The van der Waals surface area contributed by atoms with Crippen molar-refractivity contribution in [3.05, 3.63) is 40.4 Å². The number of hydrogen-bond donors (Lipinski definition) is 1. The lowest BCUT2D eigenvalue weighted by atomic mass is 9.75. The van der Waals surface area contributed by atoms with E-state index in [9.17, 15) is 8.42 Å². The molecule has 1 saturated carbocycles. The summed E-state index contributed by atoms with van der Waals surface area (Å²) in [5.41, 5.74) is 1.13. The molecule has 1 unspecified atom stereocenters. The normalized spacial score (nSPS) is 25.1. The fourth-order valence-electron chi connectivity index (χ4n) is 3.50. The summed E-state index contributed by atoms with van der Waals surface area (Å²) < 4.78 is 31.7. The van der Waals surface area contributed by atoms with Gasteiger partial charge in [0.2, 0.25) is 0 Å². The number of aliphatic hydroxyl groups excluding tert-OH is 1. The molecule has 2 rings (SSSR count). The second-order valence-corrected chi connectivity index (χ2v) is 9.37. The zero-order valence-corrected chi connectivity index (χ0v) is 17.2. The summed E-state index contributed by atoms with van der Waals surface area (Å²) >= 11 is 3.32. The van der Waals surface area contributed by atoms with Crippen LogP contribution in [-0.4, -0.2) is 26.2 Å². The molecular formula is C19H27BrO4S. The van der Waals surface area contributed by atoms with Gasteiger partial charge in [-0.15, -0.1) is 0 Å². The van der Waals surface area contributed by atoms with Gasteiger partial charge in [-0.3, -0.25) is 4.18 Å². The van der Waals surface area contributed by atoms with Crippen molar-refractivity contribution >= 4 is 26.0 Å². The summed E-state index contributed by atoms with van der Waals surface area (Å²) in [4.78, 5) is 0.198. The lowest BCUT2D eigenvalue weighted by molar-refractivity contribution is 0.0587. The Morgan fingerprint density at radius 1 is 1.32 bits per heavy atom. The van der Waals surface area contributed by atoms with Crippen LogP contribution in [0.3, 0.4) is 0 Å². The van der Waals surface area contributed by atoms with Gasteiger partial charge in [0.15, 0.2) is 0 Å². The Balaban J connectivity index is 2.11. The molecule has 6 heteroatoms. The van der Waals surface area contributed by atoms with Gasteiger partial charge in [0.25, 0.3) is 10.1 Å². The highest BCUT2D eigenvalue weighted by atomic mass is 79.9. The van der Waals surface area contributed by atoms with Crippen molar-refractivity contribution < 1.29 is 17.7 Å². The van der Waals surface area contributed by atoms with Crippen molar-refractivity contribution in [2.75, 3.05) is 6.61 Å². The lowest BCUT2D eigenvalue weighted by Gasteiger charge is -2.36. The summed E-state index contributed by atoms with van der Waals surface area (Å²) in [6.07, 6.45) is 6.13. The Kier molecular flexibility index (Phi) is 7.68. The average Bonchev–Trinajstić information content (AvgIpc) is 2.54. The predicted octanol–water partition coefficient (Wildman–Crippen LogP) is 4.68. The van der Waals surface area contributed by atoms with Crippen molar-refractivity contribution in [2.45, 2.75) is 57.0 Å². The zero-order valence-electron chi connectivity index (χ0n) is 14.8. The van der Waals surface area contributed by atoms with E-state index in [2.05, 4.69) is 22.9 Å². The first kappa shape index (κ1) is 20.6. The predicted molar refractivity (Wildman–Crippen MR) is 103 cm³/mol. The Morgan fingerprint density at radius 3 is 2.64 bits per heavy atom. The van der Waals surface area contributed by atoms with E-state index in [0.29, 0.717) is 5.92 Å². The second-order valence-electron chi connectivity index (χ2n) is 6.89. The number of rotatable bonds is 7. The van der Waals surface area contributed by atoms with E-state index >= 15 is 0 Å². The number of benzene rings is 1. The lowest BCUT2D eigenvalue weighted by Crippen LogP contribution is -2.35. The second kappa shape index (κ2) is 9.31. The molecular weight excluding hydrogens is 404 g/mol. The molecule has 140 valence electrons. The molecule has 0 heterocycles. The highest BCUT2D eigenvalue weighted by Gasteiger charge is 2.34. The van der Waals surface area contributed by atoms with E-state index in [0.717, 1.165) is 42.1 Å². The molecule has 4 nitrogen and oxygen atoms in total. The average molecular weight is 431 g/mol. The van der Waals surface area contributed by atoms with E-state index < -0.39 is 10.1 Å². The largest absolute Gasteiger partial charge is 0.392 e.